The van der Waals surface area contributed by atoms with Gasteiger partial charge in [0.2, 0.25) is 5.88 Å². The minimum atomic E-state index is -0.732. The third-order valence-corrected chi connectivity index (χ3v) is 6.20. The number of ether oxygens (including phenoxy) is 1. The maximum atomic E-state index is 12.1. The van der Waals surface area contributed by atoms with Crippen molar-refractivity contribution < 1.29 is 14.5 Å². The molecule has 0 unspecified atom stereocenters. The molecule has 0 saturated carbocycles. The molecule has 36 heavy (non-hydrogen) atoms. The van der Waals surface area contributed by atoms with Crippen LogP contribution in [0.25, 0.3) is 0 Å². The number of nitrogens with one attached hydrogen (secondary N) is 1. The molecule has 188 valence electrons. The summed E-state index contributed by atoms with van der Waals surface area (Å²) in [6.45, 7) is 6.93. The fraction of sp³-hybridized carbons (Fsp3) is 0.320. The largest absolute Gasteiger partial charge is 0.437 e. The van der Waals surface area contributed by atoms with Gasteiger partial charge < -0.3 is 25.6 Å². The van der Waals surface area contributed by atoms with Gasteiger partial charge in [0.1, 0.15) is 11.4 Å². The summed E-state index contributed by atoms with van der Waals surface area (Å²) in [6.07, 6.45) is 0.413. The molecule has 1 fully saturated rings. The summed E-state index contributed by atoms with van der Waals surface area (Å²) in [5, 5.41) is 14.2. The Labute approximate surface area is 209 Å². The van der Waals surface area contributed by atoms with Crippen LogP contribution < -0.4 is 20.7 Å². The van der Waals surface area contributed by atoms with Crippen LogP contribution in [0.1, 0.15) is 30.0 Å². The molecule has 0 bridgehead atoms. The Bertz CT molecular complexity index is 1270. The number of piperazine rings is 1. The second kappa shape index (κ2) is 10.6. The number of aryl methyl sites for hydroxylation is 1. The summed E-state index contributed by atoms with van der Waals surface area (Å²) in [5.41, 5.74) is 7.67. The summed E-state index contributed by atoms with van der Waals surface area (Å²) in [4.78, 5) is 36.3. The van der Waals surface area contributed by atoms with Crippen molar-refractivity contribution in [2.75, 3.05) is 36.9 Å². The van der Waals surface area contributed by atoms with E-state index in [0.29, 0.717) is 23.8 Å². The van der Waals surface area contributed by atoms with E-state index in [1.807, 2.05) is 31.2 Å². The molecule has 0 radical (unpaired) electrons. The molecule has 1 saturated heterocycles. The first kappa shape index (κ1) is 24.9. The van der Waals surface area contributed by atoms with Crippen LogP contribution in [0.5, 0.6) is 11.6 Å². The number of non-ortho nitro benzene ring substituents is 1. The van der Waals surface area contributed by atoms with Crippen molar-refractivity contribution in [3.8, 4) is 11.6 Å². The van der Waals surface area contributed by atoms with Gasteiger partial charge in [-0.25, -0.2) is 4.98 Å². The maximum Gasteiger partial charge on any atom is 0.273 e. The molecule has 11 heteroatoms. The zero-order valence-electron chi connectivity index (χ0n) is 20.5. The van der Waals surface area contributed by atoms with Gasteiger partial charge in [-0.2, -0.15) is 4.98 Å². The van der Waals surface area contributed by atoms with Gasteiger partial charge >= 0.3 is 0 Å². The molecule has 3 N–H and O–H groups in total. The second-order valence-electron chi connectivity index (χ2n) is 8.69. The third-order valence-electron chi connectivity index (χ3n) is 6.20. The Kier molecular flexibility index (Phi) is 7.30. The van der Waals surface area contributed by atoms with Crippen LogP contribution in [0.4, 0.5) is 22.9 Å². The zero-order chi connectivity index (χ0) is 25.8. The van der Waals surface area contributed by atoms with Gasteiger partial charge in [0.25, 0.3) is 11.6 Å². The Hall–Kier alpha value is -4.25. The van der Waals surface area contributed by atoms with Crippen LogP contribution in [-0.4, -0.2) is 58.4 Å². The average Bonchev–Trinajstić information content (AvgIpc) is 2.86. The number of likely N-dealkylation sites (N-methyl/N-ethyl adjacent to an activating group) is 1. The number of rotatable bonds is 8. The first-order valence-electron chi connectivity index (χ1n) is 11.7. The number of benzene rings is 2. The van der Waals surface area contributed by atoms with Crippen LogP contribution in [0, 0.1) is 10.1 Å². The van der Waals surface area contributed by atoms with Crippen molar-refractivity contribution in [3.63, 3.8) is 0 Å². The lowest BCUT2D eigenvalue weighted by Gasteiger charge is -2.39. The monoisotopic (exact) mass is 491 g/mol. The quantitative estimate of drug-likeness (QED) is 0.356. The highest BCUT2D eigenvalue weighted by molar-refractivity contribution is 5.96. The Morgan fingerprint density at radius 3 is 2.61 bits per heavy atom. The van der Waals surface area contributed by atoms with Crippen molar-refractivity contribution in [1.29, 1.82) is 0 Å². The van der Waals surface area contributed by atoms with Gasteiger partial charge in [-0.05, 0) is 50.7 Å². The Morgan fingerprint density at radius 2 is 1.97 bits per heavy atom. The van der Waals surface area contributed by atoms with Crippen molar-refractivity contribution in [1.82, 2.24) is 14.9 Å². The van der Waals surface area contributed by atoms with Crippen LogP contribution in [-0.2, 0) is 6.42 Å². The first-order chi connectivity index (χ1) is 17.2. The van der Waals surface area contributed by atoms with E-state index in [9.17, 15) is 14.9 Å². The molecule has 2 heterocycles. The van der Waals surface area contributed by atoms with E-state index >= 15 is 0 Å². The summed E-state index contributed by atoms with van der Waals surface area (Å²) >= 11 is 0. The van der Waals surface area contributed by atoms with E-state index in [1.54, 1.807) is 6.07 Å². The Morgan fingerprint density at radius 1 is 1.22 bits per heavy atom. The average molecular weight is 492 g/mol. The molecule has 2 aromatic carbocycles. The summed E-state index contributed by atoms with van der Waals surface area (Å²) in [7, 11) is 2.13. The number of amides is 1. The third kappa shape index (κ3) is 5.52. The maximum absolute atomic E-state index is 12.1. The number of nitrogens with zero attached hydrogens (tertiary/aromatic N) is 5. The molecule has 1 atom stereocenters. The van der Waals surface area contributed by atoms with Gasteiger partial charge in [-0.15, -0.1) is 0 Å². The smallest absolute Gasteiger partial charge is 0.273 e. The number of primary amides is 1. The number of aromatic nitrogens is 2. The molecule has 1 amide bonds. The van der Waals surface area contributed by atoms with Crippen LogP contribution >= 0.6 is 0 Å². The molecule has 1 aliphatic heterocycles. The number of nitro groups is 1. The van der Waals surface area contributed by atoms with Crippen molar-refractivity contribution in [3.05, 3.63) is 70.0 Å². The van der Waals surface area contributed by atoms with E-state index in [0.717, 1.165) is 25.3 Å². The van der Waals surface area contributed by atoms with E-state index in [-0.39, 0.29) is 28.8 Å². The molecule has 11 nitrogen and oxygen atoms in total. The van der Waals surface area contributed by atoms with E-state index in [1.165, 1.54) is 18.2 Å². The summed E-state index contributed by atoms with van der Waals surface area (Å²) in [6, 6.07) is 14.1. The fourth-order valence-electron chi connectivity index (χ4n) is 3.97. The van der Waals surface area contributed by atoms with Gasteiger partial charge in [-0.3, -0.25) is 14.9 Å². The number of nitrogens with two attached hydrogens (primary N) is 1. The van der Waals surface area contributed by atoms with Gasteiger partial charge in [0.05, 0.1) is 11.0 Å². The lowest BCUT2D eigenvalue weighted by atomic mass is 10.1. The van der Waals surface area contributed by atoms with Crippen LogP contribution in [0.3, 0.4) is 0 Å². The fourth-order valence-corrected chi connectivity index (χ4v) is 3.97. The minimum absolute atomic E-state index is 0.0183. The van der Waals surface area contributed by atoms with E-state index < -0.39 is 10.8 Å². The summed E-state index contributed by atoms with van der Waals surface area (Å²) < 4.78 is 5.84. The molecule has 4 rings (SSSR count). The lowest BCUT2D eigenvalue weighted by molar-refractivity contribution is -0.384. The van der Waals surface area contributed by atoms with Crippen molar-refractivity contribution in [2.45, 2.75) is 26.3 Å². The zero-order valence-corrected chi connectivity index (χ0v) is 20.5. The summed E-state index contributed by atoms with van der Waals surface area (Å²) in [5.74, 6) is -0.226. The molecule has 0 aliphatic carbocycles. The van der Waals surface area contributed by atoms with E-state index in [2.05, 4.69) is 39.1 Å². The number of hydrogen-bond acceptors (Lipinski definition) is 9. The van der Waals surface area contributed by atoms with Crippen molar-refractivity contribution in [2.24, 2.45) is 5.73 Å². The van der Waals surface area contributed by atoms with Gasteiger partial charge in [-0.1, -0.05) is 13.0 Å². The normalized spacial score (nSPS) is 16.0. The number of hydrogen-bond donors (Lipinski definition) is 2. The van der Waals surface area contributed by atoms with E-state index in [4.69, 9.17) is 10.5 Å². The van der Waals surface area contributed by atoms with Crippen molar-refractivity contribution >= 4 is 28.8 Å². The lowest BCUT2D eigenvalue weighted by Crippen LogP contribution is -2.50. The van der Waals surface area contributed by atoms with Gasteiger partial charge in [0, 0.05) is 43.1 Å². The van der Waals surface area contributed by atoms with Gasteiger partial charge in [0.15, 0.2) is 11.5 Å². The number of nitro benzene ring substituents is 1. The van der Waals surface area contributed by atoms with Crippen LogP contribution in [0.2, 0.25) is 0 Å². The number of carbonyl (C=O) groups excluding carboxylic acids is 1. The highest BCUT2D eigenvalue weighted by Crippen LogP contribution is 2.30. The minimum Gasteiger partial charge on any atom is -0.437 e. The first-order valence-corrected chi connectivity index (χ1v) is 11.7. The predicted molar refractivity (Wildman–Crippen MR) is 137 cm³/mol. The molecule has 1 aliphatic rings. The highest BCUT2D eigenvalue weighted by Gasteiger charge is 2.22. The SMILES string of the molecule is CCc1nc(C(N)=O)c(Nc2ccc(N3CCN(C)[C@H](C)C3)cc2)nc1Oc1cccc([N+](=O)[O-])c1. The molecular formula is C25H29N7O4. The standard InChI is InChI=1S/C25H29N7O4/c1-4-21-25(36-20-7-5-6-19(14-20)32(34)35)29-24(22(28-21)23(26)33)27-17-8-10-18(11-9-17)31-13-12-30(3)16(2)15-31/h5-11,14,16H,4,12-13,15H2,1-3H3,(H2,26,33)(H,27,29)/t16-/m1/s1. The molecular weight excluding hydrogens is 462 g/mol. The topological polar surface area (TPSA) is 140 Å². The highest BCUT2D eigenvalue weighted by atomic mass is 16.6. The molecule has 0 spiro atoms. The van der Waals surface area contributed by atoms with Crippen LogP contribution in [0.15, 0.2) is 48.5 Å². The molecule has 3 aromatic rings. The molecule has 1 aromatic heterocycles. The predicted octanol–water partition coefficient (Wildman–Crippen LogP) is 3.72. The number of anilines is 3. The second-order valence-corrected chi connectivity index (χ2v) is 8.69. The number of carbonyl (C=O) groups is 1. The Balaban J connectivity index is 1.60.